The van der Waals surface area contributed by atoms with Gasteiger partial charge in [0.1, 0.15) is 12.6 Å². The molecule has 1 aliphatic carbocycles. The maximum atomic E-state index is 13.2. The van der Waals surface area contributed by atoms with Gasteiger partial charge in [-0.1, -0.05) is 48.5 Å². The molecule has 3 rings (SSSR count). The first-order valence-corrected chi connectivity index (χ1v) is 15.4. The van der Waals surface area contributed by atoms with Crippen LogP contribution < -0.4 is 5.73 Å². The standard InChI is InChI=1S/C31H45NO7Si/c1-29(2,3)37-40(38-30(4,5)6,39-31(7,8)9)36-28(34)26(32)18-19-27(33)35-20-25-23-16-12-10-14-21(23)22-15-11-13-17-24(22)25/h10-17,25-26H,18-20,32H2,1-9H3/t26-/m1/s1. The van der Waals surface area contributed by atoms with Crippen LogP contribution in [0.2, 0.25) is 0 Å². The number of hydrogen-bond acceptors (Lipinski definition) is 8. The minimum atomic E-state index is -4.03. The summed E-state index contributed by atoms with van der Waals surface area (Å²) in [4.78, 5) is 25.9. The summed E-state index contributed by atoms with van der Waals surface area (Å²) in [6.45, 7) is 16.7. The molecule has 0 saturated heterocycles. The summed E-state index contributed by atoms with van der Waals surface area (Å²) in [6.07, 6.45) is 0.00175. The van der Waals surface area contributed by atoms with Crippen LogP contribution in [0.1, 0.15) is 92.2 Å². The van der Waals surface area contributed by atoms with Crippen LogP contribution in [-0.2, 0) is 32.0 Å². The number of hydrogen-bond donors (Lipinski definition) is 1. The Bertz CT molecular complexity index is 1110. The van der Waals surface area contributed by atoms with Crippen LogP contribution in [-0.4, -0.2) is 50.4 Å². The molecule has 2 aromatic carbocycles. The van der Waals surface area contributed by atoms with E-state index in [0.29, 0.717) is 0 Å². The third kappa shape index (κ3) is 8.97. The highest BCUT2D eigenvalue weighted by molar-refractivity contribution is 6.56. The summed E-state index contributed by atoms with van der Waals surface area (Å²) in [5, 5.41) is 0. The van der Waals surface area contributed by atoms with Gasteiger partial charge in [-0.25, -0.2) is 0 Å². The van der Waals surface area contributed by atoms with E-state index < -0.39 is 43.8 Å². The predicted molar refractivity (Wildman–Crippen MR) is 156 cm³/mol. The van der Waals surface area contributed by atoms with Gasteiger partial charge in [-0.15, -0.1) is 0 Å². The zero-order valence-corrected chi connectivity index (χ0v) is 26.3. The van der Waals surface area contributed by atoms with Gasteiger partial charge >= 0.3 is 21.0 Å². The van der Waals surface area contributed by atoms with E-state index in [1.165, 1.54) is 0 Å². The van der Waals surface area contributed by atoms with Crippen molar-refractivity contribution in [3.05, 3.63) is 59.7 Å². The lowest BCUT2D eigenvalue weighted by molar-refractivity contribution is -0.163. The zero-order chi connectivity index (χ0) is 29.9. The molecule has 9 heteroatoms. The van der Waals surface area contributed by atoms with Crippen LogP contribution in [0, 0.1) is 0 Å². The third-order valence-corrected chi connectivity index (χ3v) is 8.89. The molecule has 0 heterocycles. The summed E-state index contributed by atoms with van der Waals surface area (Å²) >= 11 is 0. The van der Waals surface area contributed by atoms with E-state index in [4.69, 9.17) is 28.2 Å². The Balaban J connectivity index is 1.64. The largest absolute Gasteiger partial charge is 0.752 e. The Hall–Kier alpha value is -2.56. The van der Waals surface area contributed by atoms with E-state index in [-0.39, 0.29) is 25.4 Å². The summed E-state index contributed by atoms with van der Waals surface area (Å²) in [6, 6.07) is 15.2. The molecule has 0 aliphatic heterocycles. The summed E-state index contributed by atoms with van der Waals surface area (Å²) < 4.78 is 30.0. The molecule has 220 valence electrons. The maximum absolute atomic E-state index is 13.2. The van der Waals surface area contributed by atoms with Gasteiger partial charge in [0.15, 0.2) is 0 Å². The number of benzene rings is 2. The number of carbonyl (C=O) groups excluding carboxylic acids is 2. The molecule has 8 nitrogen and oxygen atoms in total. The fourth-order valence-electron chi connectivity index (χ4n) is 4.53. The highest BCUT2D eigenvalue weighted by Gasteiger charge is 2.58. The van der Waals surface area contributed by atoms with E-state index in [9.17, 15) is 9.59 Å². The topological polar surface area (TPSA) is 106 Å². The molecule has 0 unspecified atom stereocenters. The summed E-state index contributed by atoms with van der Waals surface area (Å²) in [7, 11) is -4.03. The van der Waals surface area contributed by atoms with Crippen molar-refractivity contribution in [2.75, 3.05) is 6.61 Å². The fraction of sp³-hybridized carbons (Fsp3) is 0.548. The van der Waals surface area contributed by atoms with Crippen molar-refractivity contribution >= 4 is 21.0 Å². The Labute approximate surface area is 240 Å². The quantitative estimate of drug-likeness (QED) is 0.279. The van der Waals surface area contributed by atoms with Crippen LogP contribution in [0.25, 0.3) is 11.1 Å². The number of rotatable bonds is 10. The molecule has 0 aromatic heterocycles. The van der Waals surface area contributed by atoms with Crippen molar-refractivity contribution < 1.29 is 32.0 Å². The van der Waals surface area contributed by atoms with Gasteiger partial charge in [-0.05, 0) is 91.0 Å². The van der Waals surface area contributed by atoms with Gasteiger partial charge in [0.2, 0.25) is 0 Å². The molecule has 0 bridgehead atoms. The van der Waals surface area contributed by atoms with Gasteiger partial charge in [0, 0.05) is 12.3 Å². The minimum Gasteiger partial charge on any atom is -0.465 e. The van der Waals surface area contributed by atoms with Gasteiger partial charge in [0.25, 0.3) is 0 Å². The van der Waals surface area contributed by atoms with Crippen LogP contribution in [0.3, 0.4) is 0 Å². The van der Waals surface area contributed by atoms with Gasteiger partial charge in [-0.2, -0.15) is 0 Å². The monoisotopic (exact) mass is 571 g/mol. The molecular weight excluding hydrogens is 526 g/mol. The summed E-state index contributed by atoms with van der Waals surface area (Å²) in [5.41, 5.74) is 8.58. The zero-order valence-electron chi connectivity index (χ0n) is 25.3. The fourth-order valence-corrected chi connectivity index (χ4v) is 7.43. The van der Waals surface area contributed by atoms with Crippen LogP contribution >= 0.6 is 0 Å². The molecule has 1 atom stereocenters. The smallest absolute Gasteiger partial charge is 0.465 e. The van der Waals surface area contributed by atoms with Crippen molar-refractivity contribution in [3.8, 4) is 11.1 Å². The van der Waals surface area contributed by atoms with Crippen LogP contribution in [0.15, 0.2) is 48.5 Å². The van der Waals surface area contributed by atoms with E-state index in [1.54, 1.807) is 0 Å². The van der Waals surface area contributed by atoms with Crippen LogP contribution in [0.5, 0.6) is 0 Å². The number of fused-ring (bicyclic) bond motifs is 3. The lowest BCUT2D eigenvalue weighted by Crippen LogP contribution is -2.61. The van der Waals surface area contributed by atoms with E-state index in [2.05, 4.69) is 24.3 Å². The van der Waals surface area contributed by atoms with Crippen molar-refractivity contribution in [1.29, 1.82) is 0 Å². The van der Waals surface area contributed by atoms with Crippen molar-refractivity contribution in [2.45, 2.75) is 104 Å². The molecule has 0 saturated carbocycles. The number of carbonyl (C=O) groups is 2. The second-order valence-corrected chi connectivity index (χ2v) is 14.9. The third-order valence-electron chi connectivity index (χ3n) is 5.85. The molecule has 0 radical (unpaired) electrons. The highest BCUT2D eigenvalue weighted by atomic mass is 28.4. The van der Waals surface area contributed by atoms with Crippen LogP contribution in [0.4, 0.5) is 0 Å². The van der Waals surface area contributed by atoms with Crippen molar-refractivity contribution in [2.24, 2.45) is 5.73 Å². The Morgan fingerprint density at radius 3 is 1.62 bits per heavy atom. The molecular formula is C31H45NO7Si. The SMILES string of the molecule is CC(C)(C)O[Si](OC(=O)[C@H](N)CCC(=O)OCC1c2ccccc2-c2ccccc21)(OC(C)(C)C)OC(C)(C)C. The maximum Gasteiger partial charge on any atom is 0.752 e. The van der Waals surface area contributed by atoms with E-state index in [0.717, 1.165) is 22.3 Å². The minimum absolute atomic E-state index is 0.0405. The Morgan fingerprint density at radius 2 is 1.20 bits per heavy atom. The molecule has 2 N–H and O–H groups in total. The van der Waals surface area contributed by atoms with Gasteiger partial charge in [0.05, 0.1) is 16.8 Å². The molecule has 40 heavy (non-hydrogen) atoms. The number of ether oxygens (including phenoxy) is 1. The molecule has 2 aromatic rings. The average molecular weight is 572 g/mol. The second-order valence-electron chi connectivity index (χ2n) is 13.1. The van der Waals surface area contributed by atoms with Crippen molar-refractivity contribution in [1.82, 2.24) is 0 Å². The lowest BCUT2D eigenvalue weighted by atomic mass is 9.98. The molecule has 0 fully saturated rings. The number of esters is 1. The van der Waals surface area contributed by atoms with Gasteiger partial charge in [-0.3, -0.25) is 9.59 Å². The van der Waals surface area contributed by atoms with Crippen molar-refractivity contribution in [3.63, 3.8) is 0 Å². The molecule has 1 aliphatic rings. The first-order valence-electron chi connectivity index (χ1n) is 13.8. The highest BCUT2D eigenvalue weighted by Crippen LogP contribution is 2.44. The van der Waals surface area contributed by atoms with E-state index >= 15 is 0 Å². The van der Waals surface area contributed by atoms with E-state index in [1.807, 2.05) is 86.6 Å². The normalized spacial score (nSPS) is 14.8. The lowest BCUT2D eigenvalue weighted by Gasteiger charge is -2.40. The second kappa shape index (κ2) is 12.1. The predicted octanol–water partition coefficient (Wildman–Crippen LogP) is 5.87. The molecule has 0 spiro atoms. The summed E-state index contributed by atoms with van der Waals surface area (Å²) in [5.74, 6) is -1.23. The van der Waals surface area contributed by atoms with Gasteiger partial charge < -0.3 is 28.2 Å². The first-order chi connectivity index (χ1) is 18.4. The average Bonchev–Trinajstić information content (AvgIpc) is 3.11. The molecule has 0 amide bonds. The number of nitrogens with two attached hydrogens (primary N) is 1. The Kier molecular flexibility index (Phi) is 9.69. The first kappa shape index (κ1) is 32.0. The Morgan fingerprint density at radius 1 is 0.775 bits per heavy atom.